The van der Waals surface area contributed by atoms with Crippen molar-refractivity contribution in [1.29, 1.82) is 0 Å². The number of carboxylic acids is 1. The number of nitrogens with zero attached hydrogens (tertiary/aromatic N) is 2. The average molecular weight is 278 g/mol. The number of benzene rings is 1. The van der Waals surface area contributed by atoms with Gasteiger partial charge in [0.05, 0.1) is 12.2 Å². The number of hydrogen-bond donors (Lipinski definition) is 1. The van der Waals surface area contributed by atoms with Gasteiger partial charge in [0.15, 0.2) is 5.75 Å². The number of ether oxygens (including phenoxy) is 1. The number of fused-ring (bicyclic) bond motifs is 1. The maximum Gasteiger partial charge on any atom is 0.339 e. The molecule has 2 rings (SSSR count). The van der Waals surface area contributed by atoms with Gasteiger partial charge in [0.2, 0.25) is 0 Å². The van der Waals surface area contributed by atoms with Crippen LogP contribution in [-0.4, -0.2) is 48.2 Å². The molecule has 108 valence electrons. The summed E-state index contributed by atoms with van der Waals surface area (Å²) in [6, 6.07) is 4.70. The molecule has 0 atom stereocenters. The Morgan fingerprint density at radius 1 is 1.40 bits per heavy atom. The third-order valence-corrected chi connectivity index (χ3v) is 3.38. The highest BCUT2D eigenvalue weighted by Crippen LogP contribution is 2.35. The largest absolute Gasteiger partial charge is 0.489 e. The smallest absolute Gasteiger partial charge is 0.339 e. The Morgan fingerprint density at radius 3 is 2.70 bits per heavy atom. The highest BCUT2D eigenvalue weighted by atomic mass is 16.5. The minimum absolute atomic E-state index is 0.0662. The van der Waals surface area contributed by atoms with Crippen LogP contribution >= 0.6 is 0 Å². The normalized spacial score (nSPS) is 13.7. The molecule has 6 nitrogen and oxygen atoms in total. The SMILES string of the molecule is CC(C)N(C)C(=O)N1CCOc2c(C(=O)O)cccc21. The fraction of sp³-hybridized carbons (Fsp3) is 0.429. The Morgan fingerprint density at radius 2 is 2.10 bits per heavy atom. The van der Waals surface area contributed by atoms with Crippen molar-refractivity contribution >= 4 is 17.7 Å². The molecule has 2 amide bonds. The lowest BCUT2D eigenvalue weighted by Gasteiger charge is -2.34. The number of urea groups is 1. The third-order valence-electron chi connectivity index (χ3n) is 3.38. The van der Waals surface area contributed by atoms with Crippen LogP contribution in [0.2, 0.25) is 0 Å². The van der Waals surface area contributed by atoms with Gasteiger partial charge in [0.1, 0.15) is 12.2 Å². The Labute approximate surface area is 117 Å². The summed E-state index contributed by atoms with van der Waals surface area (Å²) in [6.07, 6.45) is 0. The van der Waals surface area contributed by atoms with E-state index >= 15 is 0 Å². The molecular formula is C14H18N2O4. The molecule has 0 aromatic heterocycles. The number of hydrogen-bond acceptors (Lipinski definition) is 3. The molecule has 0 unspecified atom stereocenters. The topological polar surface area (TPSA) is 70.1 Å². The number of carbonyl (C=O) groups is 2. The average Bonchev–Trinajstić information content (AvgIpc) is 2.44. The lowest BCUT2D eigenvalue weighted by atomic mass is 10.1. The number of anilines is 1. The van der Waals surface area contributed by atoms with Crippen LogP contribution in [0.3, 0.4) is 0 Å². The maximum atomic E-state index is 12.4. The van der Waals surface area contributed by atoms with E-state index < -0.39 is 5.97 Å². The molecular weight excluding hydrogens is 260 g/mol. The molecule has 0 spiro atoms. The van der Waals surface area contributed by atoms with Crippen LogP contribution in [0.4, 0.5) is 10.5 Å². The first-order valence-corrected chi connectivity index (χ1v) is 6.47. The Bertz CT molecular complexity index is 542. The summed E-state index contributed by atoms with van der Waals surface area (Å²) in [7, 11) is 1.73. The number of carboxylic acid groups (broad SMARTS) is 1. The first-order chi connectivity index (χ1) is 9.43. The first-order valence-electron chi connectivity index (χ1n) is 6.47. The summed E-state index contributed by atoms with van der Waals surface area (Å²) in [5, 5.41) is 9.17. The quantitative estimate of drug-likeness (QED) is 0.898. The molecule has 0 radical (unpaired) electrons. The molecule has 1 aromatic carbocycles. The van der Waals surface area contributed by atoms with Crippen LogP contribution in [0, 0.1) is 0 Å². The fourth-order valence-electron chi connectivity index (χ4n) is 2.03. The van der Waals surface area contributed by atoms with Crippen molar-refractivity contribution < 1.29 is 19.4 Å². The van der Waals surface area contributed by atoms with Crippen LogP contribution in [0.5, 0.6) is 5.75 Å². The number of rotatable bonds is 2. The number of amides is 2. The van der Waals surface area contributed by atoms with E-state index in [0.29, 0.717) is 12.2 Å². The van der Waals surface area contributed by atoms with Gasteiger partial charge < -0.3 is 14.7 Å². The van der Waals surface area contributed by atoms with Gasteiger partial charge in [-0.05, 0) is 26.0 Å². The minimum atomic E-state index is -1.06. The Kier molecular flexibility index (Phi) is 3.83. The van der Waals surface area contributed by atoms with Gasteiger partial charge in [-0.2, -0.15) is 0 Å². The summed E-state index contributed by atoms with van der Waals surface area (Å²) >= 11 is 0. The molecule has 0 aliphatic carbocycles. The van der Waals surface area contributed by atoms with Crippen molar-refractivity contribution in [3.05, 3.63) is 23.8 Å². The van der Waals surface area contributed by atoms with E-state index in [1.807, 2.05) is 13.8 Å². The van der Waals surface area contributed by atoms with Crippen molar-refractivity contribution in [1.82, 2.24) is 4.90 Å². The second-order valence-corrected chi connectivity index (χ2v) is 4.95. The van der Waals surface area contributed by atoms with E-state index in [1.165, 1.54) is 6.07 Å². The van der Waals surface area contributed by atoms with Crippen molar-refractivity contribution in [2.24, 2.45) is 0 Å². The molecule has 1 aromatic rings. The standard InChI is InChI=1S/C14H18N2O4/c1-9(2)15(3)14(19)16-7-8-20-12-10(13(17)18)5-4-6-11(12)16/h4-6,9H,7-8H2,1-3H3,(H,17,18). The third kappa shape index (κ3) is 2.41. The molecule has 0 bridgehead atoms. The maximum absolute atomic E-state index is 12.4. The lowest BCUT2D eigenvalue weighted by molar-refractivity contribution is 0.0691. The molecule has 20 heavy (non-hydrogen) atoms. The summed E-state index contributed by atoms with van der Waals surface area (Å²) < 4.78 is 5.44. The number of aromatic carboxylic acids is 1. The van der Waals surface area contributed by atoms with Crippen LogP contribution in [-0.2, 0) is 0 Å². The predicted octanol–water partition coefficient (Wildman–Crippen LogP) is 2.04. The van der Waals surface area contributed by atoms with Gasteiger partial charge in [-0.3, -0.25) is 4.90 Å². The van der Waals surface area contributed by atoms with Crippen LogP contribution in [0.25, 0.3) is 0 Å². The second kappa shape index (κ2) is 5.40. The molecule has 0 saturated carbocycles. The van der Waals surface area contributed by atoms with Crippen LogP contribution in [0.15, 0.2) is 18.2 Å². The highest BCUT2D eigenvalue weighted by molar-refractivity contribution is 5.99. The van der Waals surface area contributed by atoms with Crippen LogP contribution < -0.4 is 9.64 Å². The van der Waals surface area contributed by atoms with E-state index in [2.05, 4.69) is 0 Å². The van der Waals surface area contributed by atoms with E-state index in [0.717, 1.165) is 0 Å². The van der Waals surface area contributed by atoms with E-state index in [-0.39, 0.29) is 30.0 Å². The summed E-state index contributed by atoms with van der Waals surface area (Å²) in [5.41, 5.74) is 0.584. The van der Waals surface area contributed by atoms with Gasteiger partial charge in [-0.15, -0.1) is 0 Å². The predicted molar refractivity (Wildman–Crippen MR) is 74.5 cm³/mol. The summed E-state index contributed by atoms with van der Waals surface area (Å²) in [4.78, 5) is 26.8. The molecule has 0 saturated heterocycles. The van der Waals surface area contributed by atoms with Crippen molar-refractivity contribution in [3.8, 4) is 5.75 Å². The molecule has 0 fully saturated rings. The zero-order valence-corrected chi connectivity index (χ0v) is 11.8. The van der Waals surface area contributed by atoms with E-state index in [9.17, 15) is 9.59 Å². The zero-order chi connectivity index (χ0) is 14.9. The van der Waals surface area contributed by atoms with Gasteiger partial charge >= 0.3 is 12.0 Å². The van der Waals surface area contributed by atoms with E-state index in [4.69, 9.17) is 9.84 Å². The fourth-order valence-corrected chi connectivity index (χ4v) is 2.03. The van der Waals surface area contributed by atoms with Gasteiger partial charge in [0, 0.05) is 13.1 Å². The summed E-state index contributed by atoms with van der Waals surface area (Å²) in [5.74, 6) is -0.801. The van der Waals surface area contributed by atoms with Crippen molar-refractivity contribution in [3.63, 3.8) is 0 Å². The lowest BCUT2D eigenvalue weighted by Crippen LogP contribution is -2.47. The zero-order valence-electron chi connectivity index (χ0n) is 11.8. The molecule has 1 aliphatic heterocycles. The number of para-hydroxylation sites is 1. The molecule has 6 heteroatoms. The summed E-state index contributed by atoms with van der Waals surface area (Å²) in [6.45, 7) is 4.54. The number of carbonyl (C=O) groups excluding carboxylic acids is 1. The van der Waals surface area contributed by atoms with E-state index in [1.54, 1.807) is 29.0 Å². The minimum Gasteiger partial charge on any atom is -0.489 e. The molecule has 1 heterocycles. The monoisotopic (exact) mass is 278 g/mol. The molecule has 1 N–H and O–H groups in total. The van der Waals surface area contributed by atoms with Crippen molar-refractivity contribution in [2.75, 3.05) is 25.1 Å². The van der Waals surface area contributed by atoms with Gasteiger partial charge in [0.25, 0.3) is 0 Å². The van der Waals surface area contributed by atoms with Gasteiger partial charge in [-0.1, -0.05) is 6.07 Å². The highest BCUT2D eigenvalue weighted by Gasteiger charge is 2.29. The van der Waals surface area contributed by atoms with Crippen molar-refractivity contribution in [2.45, 2.75) is 19.9 Å². The Balaban J connectivity index is 2.41. The van der Waals surface area contributed by atoms with Crippen LogP contribution in [0.1, 0.15) is 24.2 Å². The Hall–Kier alpha value is -2.24. The second-order valence-electron chi connectivity index (χ2n) is 4.95. The first kappa shape index (κ1) is 14.2. The molecule has 1 aliphatic rings. The van der Waals surface area contributed by atoms with Gasteiger partial charge in [-0.25, -0.2) is 9.59 Å².